The van der Waals surface area contributed by atoms with Crippen molar-refractivity contribution >= 4 is 11.9 Å². The minimum Gasteiger partial charge on any atom is -0.486 e. The van der Waals surface area contributed by atoms with E-state index in [1.54, 1.807) is 24.3 Å². The molecule has 0 unspecified atom stereocenters. The van der Waals surface area contributed by atoms with Gasteiger partial charge in [-0.1, -0.05) is 68.5 Å². The molecule has 1 saturated carbocycles. The lowest BCUT2D eigenvalue weighted by atomic mass is 9.84. The summed E-state index contributed by atoms with van der Waals surface area (Å²) < 4.78 is 45.2. The molecule has 0 aliphatic heterocycles. The second kappa shape index (κ2) is 13.0. The van der Waals surface area contributed by atoms with Gasteiger partial charge in [-0.2, -0.15) is 13.2 Å². The van der Waals surface area contributed by atoms with Crippen LogP contribution in [0.3, 0.4) is 0 Å². The number of carboxylic acid groups (broad SMARTS) is 1. The van der Waals surface area contributed by atoms with E-state index in [0.717, 1.165) is 42.5 Å². The molecule has 3 aromatic rings. The van der Waals surface area contributed by atoms with E-state index in [4.69, 9.17) is 9.84 Å². The Kier molecular flexibility index (Phi) is 9.47. The Labute approximate surface area is 230 Å². The Morgan fingerprint density at radius 3 is 2.00 bits per heavy atom. The SMILES string of the molecule is O=C(NC[C@H](O)C(=O)O)c1ccc(O[C@H](CC2CCCCC2)c2ccc(-c3ccc(C(F)(F)F)cc3)cc2)cc1. The van der Waals surface area contributed by atoms with Crippen LogP contribution < -0.4 is 10.1 Å². The van der Waals surface area contributed by atoms with Crippen LogP contribution in [-0.4, -0.2) is 34.7 Å². The third kappa shape index (κ3) is 7.85. The predicted octanol–water partition coefficient (Wildman–Crippen LogP) is 6.64. The molecule has 0 saturated heterocycles. The van der Waals surface area contributed by atoms with Gasteiger partial charge in [-0.05, 0) is 65.4 Å². The Balaban J connectivity index is 1.48. The number of alkyl halides is 3. The van der Waals surface area contributed by atoms with Crippen molar-refractivity contribution in [3.63, 3.8) is 0 Å². The molecule has 1 amide bonds. The van der Waals surface area contributed by atoms with Crippen molar-refractivity contribution < 1.29 is 37.7 Å². The fraction of sp³-hybridized carbons (Fsp3) is 0.355. The lowest BCUT2D eigenvalue weighted by Crippen LogP contribution is -2.36. The van der Waals surface area contributed by atoms with Crippen molar-refractivity contribution in [2.75, 3.05) is 6.54 Å². The van der Waals surface area contributed by atoms with Gasteiger partial charge in [0.1, 0.15) is 11.9 Å². The first-order chi connectivity index (χ1) is 19.1. The number of carbonyl (C=O) groups excluding carboxylic acids is 1. The third-order valence-electron chi connectivity index (χ3n) is 7.24. The van der Waals surface area contributed by atoms with E-state index in [9.17, 15) is 27.9 Å². The number of rotatable bonds is 10. The van der Waals surface area contributed by atoms with E-state index in [2.05, 4.69) is 5.32 Å². The van der Waals surface area contributed by atoms with Crippen LogP contribution in [0, 0.1) is 5.92 Å². The first-order valence-corrected chi connectivity index (χ1v) is 13.3. The van der Waals surface area contributed by atoms with Crippen LogP contribution in [0.2, 0.25) is 0 Å². The number of aliphatic hydroxyl groups is 1. The Hall–Kier alpha value is -3.85. The lowest BCUT2D eigenvalue weighted by Gasteiger charge is -2.27. The number of benzene rings is 3. The number of amides is 1. The van der Waals surface area contributed by atoms with Crippen molar-refractivity contribution in [2.24, 2.45) is 5.92 Å². The highest BCUT2D eigenvalue weighted by molar-refractivity contribution is 5.94. The maximum Gasteiger partial charge on any atom is 0.416 e. The molecule has 0 aromatic heterocycles. The van der Waals surface area contributed by atoms with Crippen molar-refractivity contribution in [3.05, 3.63) is 89.5 Å². The van der Waals surface area contributed by atoms with E-state index in [1.165, 1.54) is 31.4 Å². The zero-order valence-electron chi connectivity index (χ0n) is 21.9. The topological polar surface area (TPSA) is 95.9 Å². The monoisotopic (exact) mass is 555 g/mol. The molecule has 1 aliphatic carbocycles. The first-order valence-electron chi connectivity index (χ1n) is 13.3. The molecule has 3 aromatic carbocycles. The summed E-state index contributed by atoms with van der Waals surface area (Å²) in [6.45, 7) is -0.404. The number of carboxylic acids is 1. The molecule has 6 nitrogen and oxygen atoms in total. The summed E-state index contributed by atoms with van der Waals surface area (Å²) >= 11 is 0. The second-order valence-corrected chi connectivity index (χ2v) is 10.1. The average Bonchev–Trinajstić information content (AvgIpc) is 2.96. The zero-order chi connectivity index (χ0) is 28.7. The quantitative estimate of drug-likeness (QED) is 0.261. The molecule has 1 aliphatic rings. The van der Waals surface area contributed by atoms with Gasteiger partial charge in [0.05, 0.1) is 12.1 Å². The molecule has 40 heavy (non-hydrogen) atoms. The van der Waals surface area contributed by atoms with E-state index >= 15 is 0 Å². The summed E-state index contributed by atoms with van der Waals surface area (Å²) in [5, 5.41) is 20.5. The van der Waals surface area contributed by atoms with Gasteiger partial charge in [0.15, 0.2) is 6.10 Å². The van der Waals surface area contributed by atoms with E-state index in [-0.39, 0.29) is 6.10 Å². The number of nitrogens with one attached hydrogen (secondary N) is 1. The predicted molar refractivity (Wildman–Crippen MR) is 144 cm³/mol. The highest BCUT2D eigenvalue weighted by Crippen LogP contribution is 2.36. The molecule has 0 heterocycles. The first kappa shape index (κ1) is 29.1. The maximum atomic E-state index is 12.9. The summed E-state index contributed by atoms with van der Waals surface area (Å²) in [6, 6.07) is 19.2. The summed E-state index contributed by atoms with van der Waals surface area (Å²) in [5.41, 5.74) is 2.06. The number of hydrogen-bond donors (Lipinski definition) is 3. The van der Waals surface area contributed by atoms with Gasteiger partial charge in [0.25, 0.3) is 5.91 Å². The summed E-state index contributed by atoms with van der Waals surface area (Å²) in [5.74, 6) is -0.848. The Morgan fingerprint density at radius 2 is 1.45 bits per heavy atom. The number of aliphatic carboxylic acids is 1. The van der Waals surface area contributed by atoms with E-state index in [0.29, 0.717) is 22.8 Å². The van der Waals surface area contributed by atoms with Crippen LogP contribution in [0.1, 0.15) is 66.1 Å². The fourth-order valence-corrected chi connectivity index (χ4v) is 4.95. The van der Waals surface area contributed by atoms with Crippen LogP contribution in [0.4, 0.5) is 13.2 Å². The van der Waals surface area contributed by atoms with Gasteiger partial charge in [0.2, 0.25) is 0 Å². The summed E-state index contributed by atoms with van der Waals surface area (Å²) in [7, 11) is 0. The second-order valence-electron chi connectivity index (χ2n) is 10.1. The number of halogens is 3. The van der Waals surface area contributed by atoms with Gasteiger partial charge in [-0.15, -0.1) is 0 Å². The van der Waals surface area contributed by atoms with Crippen molar-refractivity contribution in [3.8, 4) is 16.9 Å². The molecule has 0 bridgehead atoms. The maximum absolute atomic E-state index is 12.9. The van der Waals surface area contributed by atoms with Crippen LogP contribution >= 0.6 is 0 Å². The molecular weight excluding hydrogens is 523 g/mol. The number of carbonyl (C=O) groups is 2. The lowest BCUT2D eigenvalue weighted by molar-refractivity contribution is -0.146. The molecule has 1 fully saturated rings. The fourth-order valence-electron chi connectivity index (χ4n) is 4.95. The number of aliphatic hydroxyl groups excluding tert-OH is 1. The van der Waals surface area contributed by atoms with E-state index < -0.39 is 36.3 Å². The van der Waals surface area contributed by atoms with Crippen molar-refractivity contribution in [1.29, 1.82) is 0 Å². The molecule has 3 N–H and O–H groups in total. The molecule has 2 atom stereocenters. The average molecular weight is 556 g/mol. The molecule has 9 heteroatoms. The van der Waals surface area contributed by atoms with Gasteiger partial charge in [-0.25, -0.2) is 4.79 Å². The summed E-state index contributed by atoms with van der Waals surface area (Å²) in [6.07, 6.45) is 0.362. The van der Waals surface area contributed by atoms with Crippen LogP contribution in [0.15, 0.2) is 72.8 Å². The van der Waals surface area contributed by atoms with Gasteiger partial charge < -0.3 is 20.3 Å². The van der Waals surface area contributed by atoms with E-state index in [1.807, 2.05) is 24.3 Å². The largest absolute Gasteiger partial charge is 0.486 e. The molecular formula is C31H32F3NO5. The third-order valence-corrected chi connectivity index (χ3v) is 7.24. The van der Waals surface area contributed by atoms with Gasteiger partial charge in [-0.3, -0.25) is 4.79 Å². The zero-order valence-corrected chi connectivity index (χ0v) is 21.9. The molecule has 212 valence electrons. The number of hydrogen-bond acceptors (Lipinski definition) is 4. The normalized spacial score (nSPS) is 15.7. The highest BCUT2D eigenvalue weighted by Gasteiger charge is 2.30. The smallest absolute Gasteiger partial charge is 0.416 e. The standard InChI is InChI=1S/C31H32F3NO5/c32-31(33,34)25-14-10-22(11-15-25)21-6-8-23(9-7-21)28(18-20-4-2-1-3-5-20)40-26-16-12-24(13-17-26)29(37)35-19-27(36)30(38)39/h6-17,20,27-28,36H,1-5,18-19H2,(H,35,37)(H,38,39)/t27-,28+/m0/s1. The minimum absolute atomic E-state index is 0.254. The van der Waals surface area contributed by atoms with Gasteiger partial charge in [0, 0.05) is 5.56 Å². The molecule has 0 radical (unpaired) electrons. The highest BCUT2D eigenvalue weighted by atomic mass is 19.4. The van der Waals surface area contributed by atoms with Crippen molar-refractivity contribution in [2.45, 2.75) is 56.9 Å². The summed E-state index contributed by atoms with van der Waals surface area (Å²) in [4.78, 5) is 23.0. The van der Waals surface area contributed by atoms with Crippen LogP contribution in [-0.2, 0) is 11.0 Å². The Morgan fingerprint density at radius 1 is 0.875 bits per heavy atom. The minimum atomic E-state index is -4.38. The molecule has 0 spiro atoms. The van der Waals surface area contributed by atoms with Crippen LogP contribution in [0.5, 0.6) is 5.75 Å². The van der Waals surface area contributed by atoms with Gasteiger partial charge >= 0.3 is 12.1 Å². The Bertz CT molecular complexity index is 1270. The van der Waals surface area contributed by atoms with Crippen molar-refractivity contribution in [1.82, 2.24) is 5.32 Å². The molecule has 4 rings (SSSR count). The number of ether oxygens (including phenoxy) is 1. The van der Waals surface area contributed by atoms with Crippen LogP contribution in [0.25, 0.3) is 11.1 Å².